The number of fused-ring (bicyclic) bond motifs is 1. The van der Waals surface area contributed by atoms with Crippen LogP contribution in [0, 0.1) is 5.82 Å². The van der Waals surface area contributed by atoms with Gasteiger partial charge in [-0.15, -0.1) is 20.4 Å². The van der Waals surface area contributed by atoms with Crippen molar-refractivity contribution in [3.8, 4) is 11.4 Å². The minimum atomic E-state index is -0.479. The third kappa shape index (κ3) is 2.45. The molecule has 0 unspecified atom stereocenters. The van der Waals surface area contributed by atoms with E-state index in [2.05, 4.69) is 30.5 Å². The topological polar surface area (TPSA) is 86.3 Å². The summed E-state index contributed by atoms with van der Waals surface area (Å²) < 4.78 is 22.7. The number of aromatic nitrogens is 7. The summed E-state index contributed by atoms with van der Waals surface area (Å²) in [7, 11) is 3.53. The Balaban J connectivity index is 1.48. The molecule has 9 nitrogen and oxygen atoms in total. The number of anilines is 1. The fraction of sp³-hybridized carbons (Fsp3) is 0.278. The molecule has 3 aromatic heterocycles. The third-order valence-corrected chi connectivity index (χ3v) is 5.12. The van der Waals surface area contributed by atoms with Gasteiger partial charge < -0.3 is 9.64 Å². The maximum absolute atomic E-state index is 13.6. The molecule has 0 bridgehead atoms. The Morgan fingerprint density at radius 2 is 2.00 bits per heavy atom. The molecule has 4 aromatic rings. The monoisotopic (exact) mass is 380 g/mol. The van der Waals surface area contributed by atoms with Crippen molar-refractivity contribution in [2.75, 3.05) is 25.1 Å². The summed E-state index contributed by atoms with van der Waals surface area (Å²) in [5.41, 5.74) is 1.65. The Labute approximate surface area is 159 Å². The molecule has 0 radical (unpaired) electrons. The highest BCUT2D eigenvalue weighted by Gasteiger charge is 2.48. The standard InChI is InChI=1S/C18H17FN8O/c1-25-14(9-20-24-25)18(28-2)10-26(11-18)16-7-6-15-21-22-17(27(15)23-16)12-4-3-5-13(19)8-12/h3-9H,10-11H2,1-2H3. The largest absolute Gasteiger partial charge is 0.368 e. The molecular formula is C18H17FN8O. The Morgan fingerprint density at radius 1 is 1.14 bits per heavy atom. The van der Waals surface area contributed by atoms with E-state index in [0.29, 0.717) is 30.1 Å². The second-order valence-corrected chi connectivity index (χ2v) is 6.79. The Hall–Kier alpha value is -3.40. The second kappa shape index (κ2) is 6.06. The van der Waals surface area contributed by atoms with Gasteiger partial charge in [-0.25, -0.2) is 9.07 Å². The fourth-order valence-electron chi connectivity index (χ4n) is 3.59. The number of benzene rings is 1. The van der Waals surface area contributed by atoms with E-state index in [1.807, 2.05) is 19.2 Å². The SMILES string of the molecule is COC1(c2cnnn2C)CN(c2ccc3nnc(-c4cccc(F)c4)n3n2)C1. The summed E-state index contributed by atoms with van der Waals surface area (Å²) in [6.07, 6.45) is 1.72. The van der Waals surface area contributed by atoms with Gasteiger partial charge in [-0.1, -0.05) is 17.3 Å². The molecule has 0 N–H and O–H groups in total. The first-order valence-electron chi connectivity index (χ1n) is 8.73. The smallest absolute Gasteiger partial charge is 0.185 e. The lowest BCUT2D eigenvalue weighted by Crippen LogP contribution is -2.61. The highest BCUT2D eigenvalue weighted by atomic mass is 19.1. The lowest BCUT2D eigenvalue weighted by Gasteiger charge is -2.48. The van der Waals surface area contributed by atoms with E-state index in [9.17, 15) is 4.39 Å². The number of ether oxygens (including phenoxy) is 1. The van der Waals surface area contributed by atoms with Crippen LogP contribution in [0.5, 0.6) is 0 Å². The van der Waals surface area contributed by atoms with Crippen LogP contribution >= 0.6 is 0 Å². The molecule has 1 aliphatic heterocycles. The van der Waals surface area contributed by atoms with Crippen molar-refractivity contribution in [3.05, 3.63) is 54.1 Å². The van der Waals surface area contributed by atoms with Crippen molar-refractivity contribution in [2.24, 2.45) is 7.05 Å². The van der Waals surface area contributed by atoms with Crippen LogP contribution in [0.1, 0.15) is 5.69 Å². The molecule has 0 aliphatic carbocycles. The van der Waals surface area contributed by atoms with E-state index >= 15 is 0 Å². The van der Waals surface area contributed by atoms with Crippen LogP contribution in [0.2, 0.25) is 0 Å². The number of rotatable bonds is 4. The Bertz CT molecular complexity index is 1160. The number of nitrogens with zero attached hydrogens (tertiary/aromatic N) is 8. The number of hydrogen-bond donors (Lipinski definition) is 0. The predicted molar refractivity (Wildman–Crippen MR) is 98.1 cm³/mol. The summed E-state index contributed by atoms with van der Waals surface area (Å²) in [5.74, 6) is 0.918. The first kappa shape index (κ1) is 16.8. The van der Waals surface area contributed by atoms with Gasteiger partial charge in [-0.3, -0.25) is 0 Å². The van der Waals surface area contributed by atoms with Crippen molar-refractivity contribution < 1.29 is 9.13 Å². The van der Waals surface area contributed by atoms with Gasteiger partial charge in [0, 0.05) is 19.7 Å². The van der Waals surface area contributed by atoms with Gasteiger partial charge in [0.2, 0.25) is 0 Å². The molecule has 1 fully saturated rings. The summed E-state index contributed by atoms with van der Waals surface area (Å²) in [6, 6.07) is 9.96. The highest BCUT2D eigenvalue weighted by Crippen LogP contribution is 2.37. The molecule has 0 spiro atoms. The predicted octanol–water partition coefficient (Wildman–Crippen LogP) is 1.42. The number of halogens is 1. The van der Waals surface area contributed by atoms with E-state index in [1.165, 1.54) is 12.1 Å². The number of hydrogen-bond acceptors (Lipinski definition) is 7. The van der Waals surface area contributed by atoms with Gasteiger partial charge in [0.1, 0.15) is 17.2 Å². The normalized spacial score (nSPS) is 15.8. The van der Waals surface area contributed by atoms with Crippen molar-refractivity contribution in [1.29, 1.82) is 0 Å². The van der Waals surface area contributed by atoms with Crippen molar-refractivity contribution in [2.45, 2.75) is 5.60 Å². The van der Waals surface area contributed by atoms with Gasteiger partial charge >= 0.3 is 0 Å². The fourth-order valence-corrected chi connectivity index (χ4v) is 3.59. The van der Waals surface area contributed by atoms with E-state index in [1.54, 1.807) is 34.6 Å². The summed E-state index contributed by atoms with van der Waals surface area (Å²) in [5, 5.41) is 20.9. The quantitative estimate of drug-likeness (QED) is 0.529. The number of methoxy groups -OCH3 is 1. The molecule has 0 atom stereocenters. The third-order valence-electron chi connectivity index (χ3n) is 5.12. The van der Waals surface area contributed by atoms with Crippen LogP contribution in [0.25, 0.3) is 17.0 Å². The van der Waals surface area contributed by atoms with Gasteiger partial charge in [-0.2, -0.15) is 4.52 Å². The van der Waals surface area contributed by atoms with Crippen LogP contribution in [0.3, 0.4) is 0 Å². The Kier molecular flexibility index (Phi) is 3.63. The summed E-state index contributed by atoms with van der Waals surface area (Å²) in [4.78, 5) is 2.09. The van der Waals surface area contributed by atoms with E-state index in [-0.39, 0.29) is 5.82 Å². The van der Waals surface area contributed by atoms with Gasteiger partial charge in [0.05, 0.1) is 25.0 Å². The Morgan fingerprint density at radius 3 is 2.71 bits per heavy atom. The van der Waals surface area contributed by atoms with Crippen LogP contribution < -0.4 is 4.90 Å². The molecular weight excluding hydrogens is 363 g/mol. The average molecular weight is 380 g/mol. The van der Waals surface area contributed by atoms with Crippen LogP contribution in [0.4, 0.5) is 10.2 Å². The molecule has 142 valence electrons. The van der Waals surface area contributed by atoms with Crippen molar-refractivity contribution in [3.63, 3.8) is 0 Å². The van der Waals surface area contributed by atoms with Crippen LogP contribution in [-0.4, -0.2) is 55.0 Å². The van der Waals surface area contributed by atoms with Crippen LogP contribution in [0.15, 0.2) is 42.6 Å². The molecule has 4 heterocycles. The lowest BCUT2D eigenvalue weighted by atomic mass is 9.90. The van der Waals surface area contributed by atoms with Gasteiger partial charge in [-0.05, 0) is 24.3 Å². The molecule has 1 aromatic carbocycles. The van der Waals surface area contributed by atoms with E-state index in [4.69, 9.17) is 4.74 Å². The van der Waals surface area contributed by atoms with Gasteiger partial charge in [0.15, 0.2) is 11.5 Å². The molecule has 1 saturated heterocycles. The molecule has 1 aliphatic rings. The van der Waals surface area contributed by atoms with Crippen molar-refractivity contribution >= 4 is 11.5 Å². The van der Waals surface area contributed by atoms with Crippen molar-refractivity contribution in [1.82, 2.24) is 34.8 Å². The minimum absolute atomic E-state index is 0.331. The van der Waals surface area contributed by atoms with E-state index < -0.39 is 5.60 Å². The van der Waals surface area contributed by atoms with Crippen LogP contribution in [-0.2, 0) is 17.4 Å². The minimum Gasteiger partial charge on any atom is -0.368 e. The maximum atomic E-state index is 13.6. The van der Waals surface area contributed by atoms with E-state index in [0.717, 1.165) is 11.5 Å². The molecule has 10 heteroatoms. The average Bonchev–Trinajstić information content (AvgIpc) is 3.28. The zero-order valence-electron chi connectivity index (χ0n) is 15.3. The summed E-state index contributed by atoms with van der Waals surface area (Å²) in [6.45, 7) is 1.22. The molecule has 0 amide bonds. The summed E-state index contributed by atoms with van der Waals surface area (Å²) >= 11 is 0. The second-order valence-electron chi connectivity index (χ2n) is 6.79. The molecule has 5 rings (SSSR count). The first-order valence-corrected chi connectivity index (χ1v) is 8.73. The number of aryl methyl sites for hydroxylation is 1. The lowest BCUT2D eigenvalue weighted by molar-refractivity contribution is -0.0448. The molecule has 0 saturated carbocycles. The first-order chi connectivity index (χ1) is 13.6. The zero-order chi connectivity index (χ0) is 19.3. The highest BCUT2D eigenvalue weighted by molar-refractivity contribution is 5.60. The zero-order valence-corrected chi connectivity index (χ0v) is 15.3. The molecule has 28 heavy (non-hydrogen) atoms. The maximum Gasteiger partial charge on any atom is 0.185 e. The van der Waals surface area contributed by atoms with Gasteiger partial charge in [0.25, 0.3) is 0 Å².